The molecule has 0 heteroatoms. The molecule has 0 radical (unpaired) electrons. The summed E-state index contributed by atoms with van der Waals surface area (Å²) in [6.45, 7) is 8.86. The van der Waals surface area contributed by atoms with E-state index in [1.807, 2.05) is 0 Å². The number of unbranched alkanes of at least 4 members (excludes halogenated alkanes) is 1. The van der Waals surface area contributed by atoms with Crippen molar-refractivity contribution in [1.29, 1.82) is 0 Å². The molecule has 0 bridgehead atoms. The van der Waals surface area contributed by atoms with Crippen LogP contribution in [0, 0.1) is 6.92 Å². The van der Waals surface area contributed by atoms with Gasteiger partial charge in [0.25, 0.3) is 0 Å². The van der Waals surface area contributed by atoms with Crippen LogP contribution in [0.3, 0.4) is 0 Å². The summed E-state index contributed by atoms with van der Waals surface area (Å²) >= 11 is 0. The van der Waals surface area contributed by atoms with Crippen LogP contribution < -0.4 is 0 Å². The number of benzene rings is 2. The average Bonchev–Trinajstić information content (AvgIpc) is 2.45. The highest BCUT2D eigenvalue weighted by molar-refractivity contribution is 5.87. The molecule has 1 atom stereocenters. The van der Waals surface area contributed by atoms with Crippen molar-refractivity contribution in [3.63, 3.8) is 0 Å². The van der Waals surface area contributed by atoms with E-state index in [2.05, 4.69) is 70.2 Å². The first-order chi connectivity index (χ1) is 9.67. The van der Waals surface area contributed by atoms with Crippen LogP contribution in [0.1, 0.15) is 56.2 Å². The minimum absolute atomic E-state index is 0.490. The van der Waals surface area contributed by atoms with Crippen LogP contribution in [0.25, 0.3) is 10.8 Å². The molecule has 0 aromatic heterocycles. The highest BCUT2D eigenvalue weighted by atomic mass is 14.1. The lowest BCUT2D eigenvalue weighted by molar-refractivity contribution is 0.796. The van der Waals surface area contributed by atoms with E-state index in [-0.39, 0.29) is 0 Å². The summed E-state index contributed by atoms with van der Waals surface area (Å²) in [5.74, 6) is 0.490. The van der Waals surface area contributed by atoms with Gasteiger partial charge in [-0.1, -0.05) is 62.8 Å². The van der Waals surface area contributed by atoms with Crippen LogP contribution in [-0.2, 0) is 6.42 Å². The monoisotopic (exact) mass is 266 g/mol. The number of hydrogen-bond donors (Lipinski definition) is 0. The van der Waals surface area contributed by atoms with E-state index in [1.54, 1.807) is 0 Å². The molecule has 0 aliphatic rings. The molecule has 20 heavy (non-hydrogen) atoms. The molecule has 2 aromatic carbocycles. The van der Waals surface area contributed by atoms with Gasteiger partial charge in [-0.15, -0.1) is 0 Å². The van der Waals surface area contributed by atoms with Crippen molar-refractivity contribution >= 4 is 10.8 Å². The molecule has 0 spiro atoms. The lowest BCUT2D eigenvalue weighted by Crippen LogP contribution is -1.95. The Kier molecular flexibility index (Phi) is 5.00. The van der Waals surface area contributed by atoms with Crippen LogP contribution in [0.2, 0.25) is 0 Å². The van der Waals surface area contributed by atoms with Crippen molar-refractivity contribution in [2.24, 2.45) is 0 Å². The lowest BCUT2D eigenvalue weighted by atomic mass is 9.91. The van der Waals surface area contributed by atoms with E-state index in [9.17, 15) is 0 Å². The molecule has 106 valence electrons. The van der Waals surface area contributed by atoms with Gasteiger partial charge < -0.3 is 0 Å². The number of fused-ring (bicyclic) bond motifs is 1. The molecular formula is C20H26. The zero-order valence-electron chi connectivity index (χ0n) is 13.2. The number of allylic oxidation sites excluding steroid dienone is 2. The van der Waals surface area contributed by atoms with E-state index in [4.69, 9.17) is 0 Å². The van der Waals surface area contributed by atoms with E-state index >= 15 is 0 Å². The van der Waals surface area contributed by atoms with Gasteiger partial charge >= 0.3 is 0 Å². The summed E-state index contributed by atoms with van der Waals surface area (Å²) in [6.07, 6.45) is 8.14. The second kappa shape index (κ2) is 6.74. The first-order valence-corrected chi connectivity index (χ1v) is 7.82. The molecule has 0 nitrogen and oxygen atoms in total. The summed E-state index contributed by atoms with van der Waals surface area (Å²) in [5.41, 5.74) is 4.33. The van der Waals surface area contributed by atoms with Crippen LogP contribution in [0.5, 0.6) is 0 Å². The van der Waals surface area contributed by atoms with Crippen molar-refractivity contribution in [3.05, 3.63) is 59.2 Å². The standard InChI is InChI=1S/C20H26/c1-5-7-9-17-10-12-20-16(4)19(15(3)8-6-2)13-11-18(20)14-17/h6,8,10-15H,5,7,9H2,1-4H3. The van der Waals surface area contributed by atoms with E-state index < -0.39 is 0 Å². The number of rotatable bonds is 5. The van der Waals surface area contributed by atoms with Gasteiger partial charge in [0.2, 0.25) is 0 Å². The molecule has 0 saturated heterocycles. The second-order valence-corrected chi connectivity index (χ2v) is 5.75. The van der Waals surface area contributed by atoms with Crippen molar-refractivity contribution in [3.8, 4) is 0 Å². The molecule has 2 aromatic rings. The lowest BCUT2D eigenvalue weighted by Gasteiger charge is -2.14. The zero-order valence-corrected chi connectivity index (χ0v) is 13.2. The largest absolute Gasteiger partial charge is 0.0911 e. The van der Waals surface area contributed by atoms with Gasteiger partial charge in [-0.25, -0.2) is 0 Å². The molecule has 0 N–H and O–H groups in total. The maximum atomic E-state index is 2.36. The van der Waals surface area contributed by atoms with E-state index in [0.717, 1.165) is 0 Å². The summed E-state index contributed by atoms with van der Waals surface area (Å²) < 4.78 is 0. The maximum absolute atomic E-state index is 2.36. The average molecular weight is 266 g/mol. The Balaban J connectivity index is 2.41. The SMILES string of the molecule is CC=CC(C)c1ccc2cc(CCCC)ccc2c1C. The molecule has 0 aliphatic heterocycles. The predicted molar refractivity (Wildman–Crippen MR) is 90.5 cm³/mol. The van der Waals surface area contributed by atoms with E-state index in [0.29, 0.717) is 5.92 Å². The third-order valence-corrected chi connectivity index (χ3v) is 4.19. The van der Waals surface area contributed by atoms with Gasteiger partial charge in [0.05, 0.1) is 0 Å². The molecule has 0 fully saturated rings. The van der Waals surface area contributed by atoms with Crippen LogP contribution in [0.4, 0.5) is 0 Å². The fourth-order valence-electron chi connectivity index (χ4n) is 2.97. The maximum Gasteiger partial charge on any atom is -0.000770 e. The molecule has 0 aliphatic carbocycles. The van der Waals surface area contributed by atoms with Crippen LogP contribution in [-0.4, -0.2) is 0 Å². The summed E-state index contributed by atoms with van der Waals surface area (Å²) in [7, 11) is 0. The Morgan fingerprint density at radius 3 is 2.65 bits per heavy atom. The second-order valence-electron chi connectivity index (χ2n) is 5.75. The Labute approximate surface area is 123 Å². The minimum Gasteiger partial charge on any atom is -0.0911 e. The highest BCUT2D eigenvalue weighted by Gasteiger charge is 2.08. The summed E-state index contributed by atoms with van der Waals surface area (Å²) in [6, 6.07) is 11.6. The fraction of sp³-hybridized carbons (Fsp3) is 0.400. The molecule has 0 saturated carbocycles. The van der Waals surface area contributed by atoms with Gasteiger partial charge in [0, 0.05) is 0 Å². The quantitative estimate of drug-likeness (QED) is 0.568. The van der Waals surface area contributed by atoms with Crippen molar-refractivity contribution in [2.45, 2.75) is 52.9 Å². The van der Waals surface area contributed by atoms with Crippen molar-refractivity contribution in [2.75, 3.05) is 0 Å². The van der Waals surface area contributed by atoms with Crippen LogP contribution in [0.15, 0.2) is 42.5 Å². The first-order valence-electron chi connectivity index (χ1n) is 7.82. The summed E-state index contributed by atoms with van der Waals surface area (Å²) in [5, 5.41) is 2.78. The number of aryl methyl sites for hydroxylation is 2. The van der Waals surface area contributed by atoms with Gasteiger partial charge in [-0.3, -0.25) is 0 Å². The predicted octanol–water partition coefficient (Wildman–Crippen LogP) is 6.17. The third-order valence-electron chi connectivity index (χ3n) is 4.19. The molecule has 2 rings (SSSR count). The van der Waals surface area contributed by atoms with Crippen molar-refractivity contribution < 1.29 is 0 Å². The topological polar surface area (TPSA) is 0 Å². The zero-order chi connectivity index (χ0) is 14.5. The molecular weight excluding hydrogens is 240 g/mol. The minimum atomic E-state index is 0.490. The van der Waals surface area contributed by atoms with Gasteiger partial charge in [-0.2, -0.15) is 0 Å². The Hall–Kier alpha value is -1.56. The molecule has 0 heterocycles. The van der Waals surface area contributed by atoms with Gasteiger partial charge in [0.1, 0.15) is 0 Å². The fourth-order valence-corrected chi connectivity index (χ4v) is 2.97. The molecule has 0 amide bonds. The Morgan fingerprint density at radius 2 is 1.95 bits per heavy atom. The summed E-state index contributed by atoms with van der Waals surface area (Å²) in [4.78, 5) is 0. The molecule has 1 unspecified atom stereocenters. The van der Waals surface area contributed by atoms with Gasteiger partial charge in [0.15, 0.2) is 0 Å². The van der Waals surface area contributed by atoms with E-state index in [1.165, 1.54) is 46.7 Å². The first kappa shape index (κ1) is 14.8. The van der Waals surface area contributed by atoms with Crippen LogP contribution >= 0.6 is 0 Å². The highest BCUT2D eigenvalue weighted by Crippen LogP contribution is 2.28. The smallest absolute Gasteiger partial charge is 0.000770 e. The Morgan fingerprint density at radius 1 is 1.15 bits per heavy atom. The van der Waals surface area contributed by atoms with Crippen molar-refractivity contribution in [1.82, 2.24) is 0 Å². The Bertz CT molecular complexity index is 605. The third kappa shape index (κ3) is 3.12. The normalized spacial score (nSPS) is 13.2. The van der Waals surface area contributed by atoms with Gasteiger partial charge in [-0.05, 0) is 60.1 Å². The number of hydrogen-bond acceptors (Lipinski definition) is 0.